The SMILES string of the molecule is CCN(CCN(C)C)C(=O)CNCc1cc(C(=O)OC(C)CCN(C)C(=O)C(C)(F)F)ccn1. The summed E-state index contributed by atoms with van der Waals surface area (Å²) in [6.45, 7) is 6.63. The van der Waals surface area contributed by atoms with Crippen molar-refractivity contribution in [3.63, 3.8) is 0 Å². The molecule has 0 saturated carbocycles. The minimum Gasteiger partial charge on any atom is -0.459 e. The molecule has 9 nitrogen and oxygen atoms in total. The van der Waals surface area contributed by atoms with Gasteiger partial charge in [-0.3, -0.25) is 14.6 Å². The van der Waals surface area contributed by atoms with E-state index in [1.165, 1.54) is 19.3 Å². The van der Waals surface area contributed by atoms with E-state index in [1.807, 2.05) is 25.9 Å². The lowest BCUT2D eigenvalue weighted by molar-refractivity contribution is -0.153. The number of halogens is 2. The maximum Gasteiger partial charge on any atom is 0.338 e. The molecule has 1 rings (SSSR count). The molecule has 2 amide bonds. The second kappa shape index (κ2) is 13.9. The average molecular weight is 486 g/mol. The Balaban J connectivity index is 2.53. The van der Waals surface area contributed by atoms with Crippen LogP contribution in [0.5, 0.6) is 0 Å². The molecule has 0 fully saturated rings. The van der Waals surface area contributed by atoms with Crippen LogP contribution in [0.4, 0.5) is 8.78 Å². The first-order valence-electron chi connectivity index (χ1n) is 11.3. The fraction of sp³-hybridized carbons (Fsp3) is 0.652. The van der Waals surface area contributed by atoms with Crippen molar-refractivity contribution in [3.05, 3.63) is 29.6 Å². The van der Waals surface area contributed by atoms with Crippen LogP contribution in [0.2, 0.25) is 0 Å². The van der Waals surface area contributed by atoms with E-state index in [9.17, 15) is 23.2 Å². The smallest absolute Gasteiger partial charge is 0.338 e. The molecule has 0 aromatic carbocycles. The van der Waals surface area contributed by atoms with Crippen LogP contribution in [0.15, 0.2) is 18.3 Å². The highest BCUT2D eigenvalue weighted by Gasteiger charge is 2.35. The first kappa shape index (κ1) is 29.4. The van der Waals surface area contributed by atoms with E-state index in [0.29, 0.717) is 32.3 Å². The normalized spacial score (nSPS) is 12.4. The molecule has 0 aliphatic heterocycles. The lowest BCUT2D eigenvalue weighted by atomic mass is 10.2. The van der Waals surface area contributed by atoms with Gasteiger partial charge in [0.15, 0.2) is 0 Å². The molecule has 1 unspecified atom stereocenters. The summed E-state index contributed by atoms with van der Waals surface area (Å²) in [5.74, 6) is -5.32. The first-order valence-corrected chi connectivity index (χ1v) is 11.3. The summed E-state index contributed by atoms with van der Waals surface area (Å²) in [5, 5.41) is 3.05. The number of rotatable bonds is 14. The average Bonchev–Trinajstić information content (AvgIpc) is 2.76. The fourth-order valence-electron chi connectivity index (χ4n) is 3.01. The van der Waals surface area contributed by atoms with Gasteiger partial charge in [-0.1, -0.05) is 0 Å². The van der Waals surface area contributed by atoms with Crippen LogP contribution in [0.1, 0.15) is 43.2 Å². The van der Waals surface area contributed by atoms with Gasteiger partial charge < -0.3 is 24.8 Å². The van der Waals surface area contributed by atoms with Gasteiger partial charge >= 0.3 is 11.9 Å². The van der Waals surface area contributed by atoms with E-state index in [0.717, 1.165) is 11.4 Å². The number of nitrogens with one attached hydrogen (secondary N) is 1. The van der Waals surface area contributed by atoms with E-state index >= 15 is 0 Å². The van der Waals surface area contributed by atoms with Crippen LogP contribution in [0.25, 0.3) is 0 Å². The Bertz CT molecular complexity index is 817. The maximum absolute atomic E-state index is 13.1. The molecule has 34 heavy (non-hydrogen) atoms. The number of pyridine rings is 1. The quantitative estimate of drug-likeness (QED) is 0.400. The Labute approximate surface area is 200 Å². The number of likely N-dealkylation sites (N-methyl/N-ethyl adjacent to an activating group) is 2. The first-order chi connectivity index (χ1) is 15.8. The lowest BCUT2D eigenvalue weighted by Crippen LogP contribution is -2.41. The third kappa shape index (κ3) is 10.5. The number of aromatic nitrogens is 1. The van der Waals surface area contributed by atoms with E-state index in [-0.39, 0.29) is 31.0 Å². The molecule has 1 heterocycles. The molecule has 0 spiro atoms. The second-order valence-corrected chi connectivity index (χ2v) is 8.54. The Morgan fingerprint density at radius 2 is 1.85 bits per heavy atom. The van der Waals surface area contributed by atoms with Crippen molar-refractivity contribution in [1.82, 2.24) is 25.0 Å². The summed E-state index contributed by atoms with van der Waals surface area (Å²) in [5.41, 5.74) is 0.859. The Morgan fingerprint density at radius 1 is 1.18 bits per heavy atom. The molecule has 1 aromatic heterocycles. The zero-order valence-electron chi connectivity index (χ0n) is 20.9. The van der Waals surface area contributed by atoms with Gasteiger partial charge in [0.25, 0.3) is 5.91 Å². The Kier molecular flexibility index (Phi) is 12.0. The van der Waals surface area contributed by atoms with Crippen molar-refractivity contribution in [2.45, 2.75) is 45.8 Å². The van der Waals surface area contributed by atoms with Crippen molar-refractivity contribution in [1.29, 1.82) is 0 Å². The highest BCUT2D eigenvalue weighted by atomic mass is 19.3. The van der Waals surface area contributed by atoms with Crippen LogP contribution in [-0.2, 0) is 20.9 Å². The Morgan fingerprint density at radius 3 is 2.44 bits per heavy atom. The fourth-order valence-corrected chi connectivity index (χ4v) is 3.01. The molecule has 0 bridgehead atoms. The van der Waals surface area contributed by atoms with E-state index in [4.69, 9.17) is 4.74 Å². The van der Waals surface area contributed by atoms with Gasteiger partial charge in [0.2, 0.25) is 5.91 Å². The molecule has 0 saturated heterocycles. The molecular weight excluding hydrogens is 448 g/mol. The highest BCUT2D eigenvalue weighted by molar-refractivity contribution is 5.89. The minimum atomic E-state index is -3.44. The highest BCUT2D eigenvalue weighted by Crippen LogP contribution is 2.15. The lowest BCUT2D eigenvalue weighted by Gasteiger charge is -2.23. The molecule has 11 heteroatoms. The number of esters is 1. The summed E-state index contributed by atoms with van der Waals surface area (Å²) < 4.78 is 31.6. The zero-order valence-corrected chi connectivity index (χ0v) is 20.9. The van der Waals surface area contributed by atoms with Crippen molar-refractivity contribution < 1.29 is 27.9 Å². The molecule has 192 valence electrons. The standard InChI is InChI=1S/C23H37F2N5O4/c1-7-30(13-12-28(4)5)20(31)16-26-15-19-14-18(8-10-27-19)21(32)34-17(2)9-11-29(6)22(33)23(3,24)25/h8,10,14,17,26H,7,9,11-13,15-16H2,1-6H3. The molecular formula is C23H37F2N5O4. The van der Waals surface area contributed by atoms with E-state index < -0.39 is 23.9 Å². The minimum absolute atomic E-state index is 0.0157. The number of alkyl halides is 2. The summed E-state index contributed by atoms with van der Waals surface area (Å²) in [7, 11) is 5.19. The molecule has 1 N–H and O–H groups in total. The Hall–Kier alpha value is -2.66. The van der Waals surface area contributed by atoms with Gasteiger partial charge in [-0.05, 0) is 40.1 Å². The molecule has 0 aliphatic carbocycles. The third-order valence-electron chi connectivity index (χ3n) is 5.09. The van der Waals surface area contributed by atoms with Gasteiger partial charge in [-0.25, -0.2) is 4.79 Å². The van der Waals surface area contributed by atoms with Gasteiger partial charge in [-0.15, -0.1) is 0 Å². The zero-order chi connectivity index (χ0) is 25.9. The molecule has 0 radical (unpaired) electrons. The summed E-state index contributed by atoms with van der Waals surface area (Å²) in [4.78, 5) is 45.2. The second-order valence-electron chi connectivity index (χ2n) is 8.54. The van der Waals surface area contributed by atoms with Gasteiger partial charge in [0, 0.05) is 59.3 Å². The number of hydrogen-bond donors (Lipinski definition) is 1. The molecule has 1 atom stereocenters. The number of carbonyl (C=O) groups excluding carboxylic acids is 3. The predicted octanol–water partition coefficient (Wildman–Crippen LogP) is 1.63. The van der Waals surface area contributed by atoms with Gasteiger partial charge in [0.1, 0.15) is 6.10 Å². The van der Waals surface area contributed by atoms with Crippen LogP contribution in [-0.4, -0.2) is 103 Å². The number of carbonyl (C=O) groups is 3. The summed E-state index contributed by atoms with van der Waals surface area (Å²) in [6.07, 6.45) is 1.11. The number of hydrogen-bond acceptors (Lipinski definition) is 7. The van der Waals surface area contributed by atoms with Crippen molar-refractivity contribution in [3.8, 4) is 0 Å². The van der Waals surface area contributed by atoms with Crippen LogP contribution in [0.3, 0.4) is 0 Å². The number of amides is 2. The largest absolute Gasteiger partial charge is 0.459 e. The number of nitrogens with zero attached hydrogens (tertiary/aromatic N) is 4. The maximum atomic E-state index is 13.1. The van der Waals surface area contributed by atoms with Gasteiger partial charge in [-0.2, -0.15) is 8.78 Å². The molecule has 0 aliphatic rings. The van der Waals surface area contributed by atoms with Crippen LogP contribution >= 0.6 is 0 Å². The predicted molar refractivity (Wildman–Crippen MR) is 125 cm³/mol. The van der Waals surface area contributed by atoms with E-state index in [1.54, 1.807) is 17.9 Å². The van der Waals surface area contributed by atoms with Crippen molar-refractivity contribution in [2.24, 2.45) is 0 Å². The topological polar surface area (TPSA) is 95.1 Å². The van der Waals surface area contributed by atoms with Crippen molar-refractivity contribution >= 4 is 17.8 Å². The monoisotopic (exact) mass is 485 g/mol. The summed E-state index contributed by atoms with van der Waals surface area (Å²) in [6, 6.07) is 3.08. The third-order valence-corrected chi connectivity index (χ3v) is 5.09. The van der Waals surface area contributed by atoms with Crippen LogP contribution in [0, 0.1) is 0 Å². The molecule has 1 aromatic rings. The number of ether oxygens (including phenoxy) is 1. The van der Waals surface area contributed by atoms with E-state index in [2.05, 4.69) is 10.3 Å². The summed E-state index contributed by atoms with van der Waals surface area (Å²) >= 11 is 0. The van der Waals surface area contributed by atoms with Crippen molar-refractivity contribution in [2.75, 3.05) is 53.9 Å². The van der Waals surface area contributed by atoms with Gasteiger partial charge in [0.05, 0.1) is 17.8 Å². The van der Waals surface area contributed by atoms with Crippen LogP contribution < -0.4 is 5.32 Å².